The lowest BCUT2D eigenvalue weighted by Crippen LogP contribution is -2.34. The SMILES string of the molecule is CCCCCCCCCCCCCCCCCCCC(CO[P+](O)(P)OCC1(C#N)CCC(c2ccc3n2NCN=C3N)O1)OCc1ccc(C#N)c(Cl)c1. The molecule has 1 aromatic heterocycles. The van der Waals surface area contributed by atoms with Crippen LogP contribution in [0.5, 0.6) is 0 Å². The van der Waals surface area contributed by atoms with Gasteiger partial charge in [0.2, 0.25) is 0 Å². The Morgan fingerprint density at radius 1 is 1.00 bits per heavy atom. The molecule has 2 aliphatic rings. The third-order valence-corrected chi connectivity index (χ3v) is 12.8. The number of ether oxygens (including phenoxy) is 2. The number of nitrogens with one attached hydrogen (secondary N) is 1. The van der Waals surface area contributed by atoms with E-state index < -0.39 is 13.2 Å². The smallest absolute Gasteiger partial charge is 0.382 e. The molecule has 4 rings (SSSR count). The maximum Gasteiger partial charge on any atom is 0.419 e. The summed E-state index contributed by atoms with van der Waals surface area (Å²) in [6.07, 6.45) is 23.4. The molecule has 11 nitrogen and oxygen atoms in total. The Bertz CT molecular complexity index is 1560. The van der Waals surface area contributed by atoms with Gasteiger partial charge in [-0.1, -0.05) is 134 Å². The first kappa shape index (κ1) is 45.4. The molecule has 1 aromatic carbocycles. The number of nitrogens with zero attached hydrogens (tertiary/aromatic N) is 4. The van der Waals surface area contributed by atoms with Crippen LogP contribution in [0.25, 0.3) is 0 Å². The maximum absolute atomic E-state index is 11.2. The lowest BCUT2D eigenvalue weighted by molar-refractivity contribution is -0.0406. The highest BCUT2D eigenvalue weighted by Gasteiger charge is 2.47. The lowest BCUT2D eigenvalue weighted by atomic mass is 10.0. The Kier molecular flexibility index (Phi) is 20.2. The van der Waals surface area contributed by atoms with E-state index in [4.69, 9.17) is 35.9 Å². The van der Waals surface area contributed by atoms with Gasteiger partial charge in [0.15, 0.2) is 5.60 Å². The molecule has 1 fully saturated rings. The number of hydrogen-bond acceptors (Lipinski definition) is 10. The highest BCUT2D eigenvalue weighted by atomic mass is 35.5. The van der Waals surface area contributed by atoms with Crippen LogP contribution in [0.4, 0.5) is 0 Å². The van der Waals surface area contributed by atoms with Crippen LogP contribution < -0.4 is 11.2 Å². The van der Waals surface area contributed by atoms with E-state index >= 15 is 0 Å². The van der Waals surface area contributed by atoms with Gasteiger partial charge in [-0.05, 0) is 49.1 Å². The molecule has 5 atom stereocenters. The van der Waals surface area contributed by atoms with Crippen LogP contribution in [-0.2, 0) is 25.1 Å². The van der Waals surface area contributed by atoms with Crippen molar-refractivity contribution in [2.24, 2.45) is 10.7 Å². The van der Waals surface area contributed by atoms with Gasteiger partial charge in [-0.25, -0.2) is 4.99 Å². The predicted molar refractivity (Wildman–Crippen MR) is 225 cm³/mol. The standard InChI is InChI=1S/C41H64ClN6O5P2/c1-2-3-4-5-6-7-8-9-10-11-12-13-14-15-16-17-18-19-35(50-28-33-20-21-34(27-43)36(42)26-33)29-51-55(49,54)52-31-41(30-44)25-24-39(53-41)37-22-23-38-40(45)46-32-47-48(37)38/h20-23,26,35,39,47,49H,2-19,24-25,28-29,31-32,54H2,1H3,(H2,45,46)/q+1. The van der Waals surface area contributed by atoms with Crippen LogP contribution in [0, 0.1) is 22.7 Å². The van der Waals surface area contributed by atoms with Crippen molar-refractivity contribution in [2.45, 2.75) is 160 Å². The first-order valence-corrected chi connectivity index (χ1v) is 24.1. The van der Waals surface area contributed by atoms with E-state index in [1.165, 1.54) is 96.3 Å². The summed E-state index contributed by atoms with van der Waals surface area (Å²) < 4.78 is 26.3. The average molecular weight is 818 g/mol. The highest BCUT2D eigenvalue weighted by Crippen LogP contribution is 2.65. The van der Waals surface area contributed by atoms with Gasteiger partial charge in [0.05, 0.1) is 29.0 Å². The van der Waals surface area contributed by atoms with Crippen molar-refractivity contribution in [3.8, 4) is 12.1 Å². The van der Waals surface area contributed by atoms with E-state index in [-0.39, 0.29) is 32.0 Å². The summed E-state index contributed by atoms with van der Waals surface area (Å²) in [5.41, 5.74) is 10.9. The maximum atomic E-state index is 11.2. The summed E-state index contributed by atoms with van der Waals surface area (Å²) in [4.78, 5) is 15.4. The van der Waals surface area contributed by atoms with Gasteiger partial charge < -0.3 is 20.6 Å². The second kappa shape index (κ2) is 24.5. The predicted octanol–water partition coefficient (Wildman–Crippen LogP) is 10.6. The second-order valence-corrected chi connectivity index (χ2v) is 19.0. The molecule has 2 aromatic rings. The van der Waals surface area contributed by atoms with Gasteiger partial charge in [0.1, 0.15) is 58.6 Å². The van der Waals surface area contributed by atoms with Crippen LogP contribution in [0.1, 0.15) is 164 Å². The van der Waals surface area contributed by atoms with Gasteiger partial charge >= 0.3 is 7.63 Å². The third kappa shape index (κ3) is 15.5. The monoisotopic (exact) mass is 817 g/mol. The van der Waals surface area contributed by atoms with E-state index in [1.807, 2.05) is 22.9 Å². The molecule has 2 aliphatic heterocycles. The van der Waals surface area contributed by atoms with Gasteiger partial charge in [-0.3, -0.25) is 4.68 Å². The average Bonchev–Trinajstić information content (AvgIpc) is 3.82. The van der Waals surface area contributed by atoms with Crippen molar-refractivity contribution < 1.29 is 23.4 Å². The summed E-state index contributed by atoms with van der Waals surface area (Å²) in [6.45, 7) is 2.88. The summed E-state index contributed by atoms with van der Waals surface area (Å²) in [5.74, 6) is 0.445. The Labute approximate surface area is 337 Å². The van der Waals surface area contributed by atoms with Gasteiger partial charge in [0.25, 0.3) is 0 Å². The molecular formula is C41H64ClN6O5P2+. The Morgan fingerprint density at radius 2 is 1.64 bits per heavy atom. The zero-order chi connectivity index (χ0) is 39.4. The fourth-order valence-corrected chi connectivity index (χ4v) is 8.80. The van der Waals surface area contributed by atoms with E-state index in [9.17, 15) is 15.4 Å². The number of hydrogen-bond donors (Lipinski definition) is 3. The molecular weight excluding hydrogens is 754 g/mol. The molecule has 4 N–H and O–H groups in total. The minimum absolute atomic E-state index is 0.116. The Hall–Kier alpha value is -2.30. The number of benzene rings is 1. The lowest BCUT2D eigenvalue weighted by Gasteiger charge is -2.25. The topological polar surface area (TPSA) is 160 Å². The van der Waals surface area contributed by atoms with Gasteiger partial charge in [0, 0.05) is 0 Å². The van der Waals surface area contributed by atoms with Gasteiger partial charge in [-0.15, -0.1) is 0 Å². The number of halogens is 1. The van der Waals surface area contributed by atoms with Crippen molar-refractivity contribution in [2.75, 3.05) is 25.3 Å². The van der Waals surface area contributed by atoms with Gasteiger partial charge in [-0.2, -0.15) is 24.5 Å². The molecule has 0 bridgehead atoms. The van der Waals surface area contributed by atoms with Crippen LogP contribution in [-0.4, -0.2) is 47.0 Å². The molecule has 0 aliphatic carbocycles. The molecule has 0 spiro atoms. The Balaban J connectivity index is 1.17. The van der Waals surface area contributed by atoms with E-state index in [0.29, 0.717) is 35.9 Å². The molecule has 0 amide bonds. The second-order valence-electron chi connectivity index (χ2n) is 15.0. The first-order valence-electron chi connectivity index (χ1n) is 20.5. The van der Waals surface area contributed by atoms with E-state index in [0.717, 1.165) is 36.2 Å². The normalized spacial score (nSPS) is 19.5. The molecule has 5 unspecified atom stereocenters. The number of aromatic nitrogens is 1. The first-order chi connectivity index (χ1) is 26.7. The molecule has 3 heterocycles. The van der Waals surface area contributed by atoms with E-state index in [2.05, 4.69) is 38.4 Å². The zero-order valence-electron chi connectivity index (χ0n) is 32.9. The minimum atomic E-state index is -3.40. The molecule has 55 heavy (non-hydrogen) atoms. The summed E-state index contributed by atoms with van der Waals surface area (Å²) in [5, 5.41) is 19.8. The third-order valence-electron chi connectivity index (χ3n) is 10.6. The van der Waals surface area contributed by atoms with Crippen LogP contribution >= 0.6 is 28.2 Å². The number of aliphatic imine (C=N–C) groups is 1. The van der Waals surface area contributed by atoms with Crippen molar-refractivity contribution in [1.29, 1.82) is 10.5 Å². The highest BCUT2D eigenvalue weighted by molar-refractivity contribution is 8.16. The molecule has 14 heteroatoms. The van der Waals surface area contributed by atoms with Crippen molar-refractivity contribution in [3.63, 3.8) is 0 Å². The number of amidine groups is 1. The fourth-order valence-electron chi connectivity index (χ4n) is 7.22. The number of nitriles is 2. The quantitative estimate of drug-likeness (QED) is 0.0561. The number of unbranched alkanes of at least 4 members (excludes halogenated alkanes) is 16. The van der Waals surface area contributed by atoms with E-state index in [1.54, 1.807) is 12.1 Å². The summed E-state index contributed by atoms with van der Waals surface area (Å²) in [7, 11) is -1.10. The van der Waals surface area contributed by atoms with Crippen LogP contribution in [0.2, 0.25) is 5.02 Å². The largest absolute Gasteiger partial charge is 0.419 e. The molecule has 0 saturated carbocycles. The van der Waals surface area contributed by atoms with Crippen LogP contribution in [0.15, 0.2) is 35.3 Å². The minimum Gasteiger partial charge on any atom is -0.382 e. The van der Waals surface area contributed by atoms with Crippen molar-refractivity contribution >= 4 is 34.0 Å². The number of fused-ring (bicyclic) bond motifs is 1. The summed E-state index contributed by atoms with van der Waals surface area (Å²) >= 11 is 6.27. The van der Waals surface area contributed by atoms with Crippen molar-refractivity contribution in [3.05, 3.63) is 57.9 Å². The molecule has 1 saturated heterocycles. The number of rotatable bonds is 28. The van der Waals surface area contributed by atoms with Crippen molar-refractivity contribution in [1.82, 2.24) is 4.68 Å². The Morgan fingerprint density at radius 3 is 2.24 bits per heavy atom. The van der Waals surface area contributed by atoms with Crippen LogP contribution in [0.3, 0.4) is 0 Å². The molecule has 304 valence electrons. The molecule has 0 radical (unpaired) electrons. The zero-order valence-corrected chi connectivity index (χ0v) is 35.7. The number of nitrogens with two attached hydrogens (primary N) is 1. The summed E-state index contributed by atoms with van der Waals surface area (Å²) in [6, 6.07) is 13.4. The fraction of sp³-hybridized carbons (Fsp3) is 0.683.